The molecule has 1 N–H and O–H groups in total. The SMILES string of the molecule is CCC[C@H](NC(=O)[C@@H]1CCCC[C@@H]1C(=O)[O-])C12CC3CC(CC(C3)C1)C2. The first-order valence-corrected chi connectivity index (χ1v) is 11.0. The van der Waals surface area contributed by atoms with Crippen LogP contribution in [0.3, 0.4) is 0 Å². The number of rotatable bonds is 6. The number of nitrogens with one attached hydrogen (secondary N) is 1. The van der Waals surface area contributed by atoms with Crippen LogP contribution in [0.2, 0.25) is 0 Å². The summed E-state index contributed by atoms with van der Waals surface area (Å²) in [6, 6.07) is 0.234. The van der Waals surface area contributed by atoms with Gasteiger partial charge in [0.05, 0.1) is 0 Å². The lowest BCUT2D eigenvalue weighted by Gasteiger charge is -2.59. The van der Waals surface area contributed by atoms with E-state index >= 15 is 0 Å². The minimum atomic E-state index is -1.04. The molecule has 0 aromatic rings. The first-order valence-electron chi connectivity index (χ1n) is 11.0. The second-order valence-corrected chi connectivity index (χ2v) is 9.95. The summed E-state index contributed by atoms with van der Waals surface area (Å²) in [6.45, 7) is 2.20. The maximum absolute atomic E-state index is 13.1. The number of aliphatic carboxylic acids is 1. The first kappa shape index (κ1) is 18.3. The molecule has 1 amide bonds. The third-order valence-electron chi connectivity index (χ3n) is 8.12. The predicted octanol–water partition coefficient (Wildman–Crippen LogP) is 3.04. The second kappa shape index (κ2) is 7.16. The van der Waals surface area contributed by atoms with Gasteiger partial charge in [-0.15, -0.1) is 0 Å². The van der Waals surface area contributed by atoms with E-state index in [0.717, 1.165) is 43.4 Å². The van der Waals surface area contributed by atoms with Crippen molar-refractivity contribution in [3.63, 3.8) is 0 Å². The zero-order chi connectivity index (χ0) is 18.3. The minimum Gasteiger partial charge on any atom is -0.550 e. The van der Waals surface area contributed by atoms with Gasteiger partial charge < -0.3 is 15.2 Å². The summed E-state index contributed by atoms with van der Waals surface area (Å²) in [7, 11) is 0. The molecule has 0 unspecified atom stereocenters. The Kier molecular flexibility index (Phi) is 5.04. The van der Waals surface area contributed by atoms with E-state index in [1.165, 1.54) is 38.5 Å². The van der Waals surface area contributed by atoms with Gasteiger partial charge in [0.25, 0.3) is 0 Å². The molecule has 146 valence electrons. The van der Waals surface area contributed by atoms with Gasteiger partial charge in [-0.1, -0.05) is 26.2 Å². The molecule has 0 aliphatic heterocycles. The van der Waals surface area contributed by atoms with Crippen molar-refractivity contribution in [1.82, 2.24) is 5.32 Å². The number of hydrogen-bond donors (Lipinski definition) is 1. The molecule has 5 aliphatic carbocycles. The number of amides is 1. The highest BCUT2D eigenvalue weighted by Gasteiger charge is 2.54. The van der Waals surface area contributed by atoms with Crippen molar-refractivity contribution >= 4 is 11.9 Å². The third kappa shape index (κ3) is 3.29. The largest absolute Gasteiger partial charge is 0.550 e. The molecule has 0 aromatic carbocycles. The van der Waals surface area contributed by atoms with Gasteiger partial charge in [-0.3, -0.25) is 4.79 Å². The summed E-state index contributed by atoms with van der Waals surface area (Å²) < 4.78 is 0. The van der Waals surface area contributed by atoms with Gasteiger partial charge in [0.2, 0.25) is 5.91 Å². The van der Waals surface area contributed by atoms with E-state index in [1.807, 2.05) is 0 Å². The van der Waals surface area contributed by atoms with Crippen LogP contribution in [0.25, 0.3) is 0 Å². The highest BCUT2D eigenvalue weighted by atomic mass is 16.4. The molecule has 0 saturated heterocycles. The lowest BCUT2D eigenvalue weighted by Crippen LogP contribution is -2.58. The van der Waals surface area contributed by atoms with E-state index in [4.69, 9.17) is 0 Å². The lowest BCUT2D eigenvalue weighted by atomic mass is 9.47. The van der Waals surface area contributed by atoms with E-state index in [9.17, 15) is 14.7 Å². The molecule has 3 atom stereocenters. The number of carbonyl (C=O) groups is 2. The Balaban J connectivity index is 1.50. The van der Waals surface area contributed by atoms with Crippen molar-refractivity contribution in [2.75, 3.05) is 0 Å². The Morgan fingerprint density at radius 3 is 2.04 bits per heavy atom. The second-order valence-electron chi connectivity index (χ2n) is 9.95. The molecule has 0 aromatic heterocycles. The van der Waals surface area contributed by atoms with Crippen LogP contribution in [0.1, 0.15) is 84.0 Å². The Morgan fingerprint density at radius 2 is 1.54 bits per heavy atom. The molecule has 5 rings (SSSR count). The summed E-state index contributed by atoms with van der Waals surface area (Å²) in [4.78, 5) is 24.6. The molecule has 4 nitrogen and oxygen atoms in total. The summed E-state index contributed by atoms with van der Waals surface area (Å²) in [6.07, 6.45) is 13.3. The van der Waals surface area contributed by atoms with Crippen molar-refractivity contribution in [1.29, 1.82) is 0 Å². The molecule has 5 aliphatic rings. The van der Waals surface area contributed by atoms with Gasteiger partial charge in [-0.2, -0.15) is 0 Å². The van der Waals surface area contributed by atoms with Crippen molar-refractivity contribution in [2.24, 2.45) is 35.0 Å². The molecule has 26 heavy (non-hydrogen) atoms. The Bertz CT molecular complexity index is 522. The van der Waals surface area contributed by atoms with Gasteiger partial charge in [-0.05, 0) is 81.0 Å². The van der Waals surface area contributed by atoms with Gasteiger partial charge in [-0.25, -0.2) is 0 Å². The fourth-order valence-electron chi connectivity index (χ4n) is 7.43. The zero-order valence-electron chi connectivity index (χ0n) is 16.2. The van der Waals surface area contributed by atoms with Crippen LogP contribution in [-0.2, 0) is 9.59 Å². The molecular formula is C22H34NO3-. The summed E-state index contributed by atoms with van der Waals surface area (Å²) >= 11 is 0. The third-order valence-corrected chi connectivity index (χ3v) is 8.12. The highest BCUT2D eigenvalue weighted by molar-refractivity contribution is 5.84. The van der Waals surface area contributed by atoms with E-state index in [1.54, 1.807) is 0 Å². The average Bonchev–Trinajstić information content (AvgIpc) is 2.60. The summed E-state index contributed by atoms with van der Waals surface area (Å²) in [5, 5.41) is 14.9. The maximum atomic E-state index is 13.1. The number of carboxylic acids is 1. The van der Waals surface area contributed by atoms with E-state index in [0.29, 0.717) is 12.8 Å². The van der Waals surface area contributed by atoms with Crippen LogP contribution in [0.4, 0.5) is 0 Å². The number of carbonyl (C=O) groups excluding carboxylic acids is 2. The molecule has 5 saturated carbocycles. The van der Waals surface area contributed by atoms with Crippen LogP contribution in [0.15, 0.2) is 0 Å². The minimum absolute atomic E-state index is 0.00639. The van der Waals surface area contributed by atoms with Gasteiger partial charge in [0, 0.05) is 23.8 Å². The van der Waals surface area contributed by atoms with Crippen molar-refractivity contribution in [3.8, 4) is 0 Å². The fraction of sp³-hybridized carbons (Fsp3) is 0.909. The first-order chi connectivity index (χ1) is 12.5. The van der Waals surface area contributed by atoms with Crippen LogP contribution in [0.5, 0.6) is 0 Å². The average molecular weight is 361 g/mol. The van der Waals surface area contributed by atoms with E-state index in [2.05, 4.69) is 12.2 Å². The molecule has 0 heterocycles. The van der Waals surface area contributed by atoms with Crippen LogP contribution in [-0.4, -0.2) is 17.9 Å². The monoisotopic (exact) mass is 360 g/mol. The standard InChI is InChI=1S/C22H35NO3/c1-2-5-19(22-11-14-8-15(12-22)10-16(9-14)13-22)23-20(24)17-6-3-4-7-18(17)21(25)26/h14-19H,2-13H2,1H3,(H,23,24)(H,25,26)/p-1/t14?,15?,16?,17-,18+,19+,22?/m1/s1. The molecule has 4 bridgehead atoms. The van der Waals surface area contributed by atoms with Crippen molar-refractivity contribution in [2.45, 2.75) is 90.0 Å². The van der Waals surface area contributed by atoms with Crippen molar-refractivity contribution in [3.05, 3.63) is 0 Å². The van der Waals surface area contributed by atoms with Crippen LogP contribution >= 0.6 is 0 Å². The number of carboxylic acid groups (broad SMARTS) is 1. The van der Waals surface area contributed by atoms with E-state index < -0.39 is 11.9 Å². The lowest BCUT2D eigenvalue weighted by molar-refractivity contribution is -0.314. The molecule has 5 fully saturated rings. The van der Waals surface area contributed by atoms with Gasteiger partial charge >= 0.3 is 0 Å². The van der Waals surface area contributed by atoms with Gasteiger partial charge in [0.1, 0.15) is 0 Å². The molecule has 4 heteroatoms. The Morgan fingerprint density at radius 1 is 1.00 bits per heavy atom. The fourth-order valence-corrected chi connectivity index (χ4v) is 7.43. The molecule has 0 radical (unpaired) electrons. The number of hydrogen-bond acceptors (Lipinski definition) is 3. The quantitative estimate of drug-likeness (QED) is 0.791. The molecular weight excluding hydrogens is 326 g/mol. The zero-order valence-corrected chi connectivity index (χ0v) is 16.2. The van der Waals surface area contributed by atoms with Crippen LogP contribution in [0, 0.1) is 35.0 Å². The smallest absolute Gasteiger partial charge is 0.224 e. The summed E-state index contributed by atoms with van der Waals surface area (Å²) in [5.41, 5.74) is 0.284. The normalized spacial score (nSPS) is 42.4. The van der Waals surface area contributed by atoms with E-state index in [-0.39, 0.29) is 23.3 Å². The summed E-state index contributed by atoms with van der Waals surface area (Å²) in [5.74, 6) is 0.568. The van der Waals surface area contributed by atoms with Gasteiger partial charge in [0.15, 0.2) is 0 Å². The Labute approximate surface area is 157 Å². The Hall–Kier alpha value is -1.06. The van der Waals surface area contributed by atoms with Crippen molar-refractivity contribution < 1.29 is 14.7 Å². The predicted molar refractivity (Wildman–Crippen MR) is 97.9 cm³/mol. The topological polar surface area (TPSA) is 69.2 Å². The highest BCUT2D eigenvalue weighted by Crippen LogP contribution is 2.61. The molecule has 0 spiro atoms. The van der Waals surface area contributed by atoms with Crippen LogP contribution < -0.4 is 10.4 Å². The maximum Gasteiger partial charge on any atom is 0.224 e.